The molecule has 0 radical (unpaired) electrons. The summed E-state index contributed by atoms with van der Waals surface area (Å²) >= 11 is 8.87. The Bertz CT molecular complexity index is 441. The summed E-state index contributed by atoms with van der Waals surface area (Å²) in [4.78, 5) is 11.2. The van der Waals surface area contributed by atoms with E-state index in [1.54, 1.807) is 6.07 Å². The summed E-state index contributed by atoms with van der Waals surface area (Å²) < 4.78 is 33.9. The van der Waals surface area contributed by atoms with E-state index in [1.807, 2.05) is 0 Å². The number of carbonyl (C=O) groups is 1. The van der Waals surface area contributed by atoms with Gasteiger partial charge in [-0.25, -0.2) is 0 Å². The monoisotopic (exact) mass is 342 g/mol. The van der Waals surface area contributed by atoms with E-state index in [9.17, 15) is 13.6 Å². The van der Waals surface area contributed by atoms with Crippen LogP contribution in [0.1, 0.15) is 11.1 Å². The van der Waals surface area contributed by atoms with Crippen LogP contribution in [0.5, 0.6) is 5.75 Å². The third-order valence-electron chi connectivity index (χ3n) is 2.15. The molecule has 0 heterocycles. The van der Waals surface area contributed by atoms with Crippen LogP contribution in [0, 0.1) is 0 Å². The van der Waals surface area contributed by atoms with Gasteiger partial charge in [0.2, 0.25) is 0 Å². The molecule has 0 aromatic heterocycles. The van der Waals surface area contributed by atoms with Gasteiger partial charge in [0.1, 0.15) is 5.75 Å². The van der Waals surface area contributed by atoms with E-state index in [1.165, 1.54) is 13.2 Å². The molecule has 1 aromatic carbocycles. The van der Waals surface area contributed by atoms with Gasteiger partial charge in [0.15, 0.2) is 0 Å². The Balaban J connectivity index is 3.08. The zero-order valence-electron chi connectivity index (χ0n) is 9.38. The molecule has 0 unspecified atom stereocenters. The minimum Gasteiger partial charge on any atom is -0.469 e. The number of hydrogen-bond donors (Lipinski definition) is 0. The summed E-state index contributed by atoms with van der Waals surface area (Å²) in [6, 6.07) is 2.90. The van der Waals surface area contributed by atoms with Crippen molar-refractivity contribution >= 4 is 33.5 Å². The number of rotatable bonds is 5. The van der Waals surface area contributed by atoms with Crippen LogP contribution < -0.4 is 4.74 Å². The number of carbonyl (C=O) groups excluding carboxylic acids is 1. The van der Waals surface area contributed by atoms with E-state index in [-0.39, 0.29) is 18.1 Å². The van der Waals surface area contributed by atoms with Crippen LogP contribution in [0.2, 0.25) is 0 Å². The fraction of sp³-hybridized carbons (Fsp3) is 0.364. The Morgan fingerprint density at radius 1 is 1.44 bits per heavy atom. The average Bonchev–Trinajstić information content (AvgIpc) is 2.32. The smallest absolute Gasteiger partial charge is 0.387 e. The summed E-state index contributed by atoms with van der Waals surface area (Å²) in [5, 5.41) is 0. The largest absolute Gasteiger partial charge is 0.469 e. The number of hydrogen-bond acceptors (Lipinski definition) is 3. The van der Waals surface area contributed by atoms with Gasteiger partial charge in [0.25, 0.3) is 0 Å². The molecule has 0 aliphatic carbocycles. The van der Waals surface area contributed by atoms with E-state index in [0.717, 1.165) is 0 Å². The Labute approximate surface area is 116 Å². The average molecular weight is 344 g/mol. The lowest BCUT2D eigenvalue weighted by Gasteiger charge is -2.12. The second-order valence-electron chi connectivity index (χ2n) is 3.32. The maximum atomic E-state index is 12.2. The minimum atomic E-state index is -2.95. The van der Waals surface area contributed by atoms with Crippen LogP contribution in [0.15, 0.2) is 16.6 Å². The summed E-state index contributed by atoms with van der Waals surface area (Å²) in [5.74, 6) is -0.487. The van der Waals surface area contributed by atoms with Gasteiger partial charge in [-0.1, -0.05) is 15.9 Å². The fourth-order valence-electron chi connectivity index (χ4n) is 1.31. The Kier molecular flexibility index (Phi) is 5.81. The lowest BCUT2D eigenvalue weighted by Crippen LogP contribution is -2.08. The quantitative estimate of drug-likeness (QED) is 0.606. The van der Waals surface area contributed by atoms with Crippen LogP contribution in [0.4, 0.5) is 8.78 Å². The van der Waals surface area contributed by atoms with Crippen LogP contribution in [-0.4, -0.2) is 19.7 Å². The highest BCUT2D eigenvalue weighted by molar-refractivity contribution is 9.10. The van der Waals surface area contributed by atoms with Gasteiger partial charge in [-0.3, -0.25) is 4.79 Å². The zero-order valence-corrected chi connectivity index (χ0v) is 11.7. The van der Waals surface area contributed by atoms with E-state index >= 15 is 0 Å². The molecular formula is C11H10BrClF2O3. The highest BCUT2D eigenvalue weighted by Gasteiger charge is 2.15. The van der Waals surface area contributed by atoms with Crippen molar-refractivity contribution in [3.63, 3.8) is 0 Å². The van der Waals surface area contributed by atoms with Crippen molar-refractivity contribution in [2.24, 2.45) is 0 Å². The lowest BCUT2D eigenvalue weighted by atomic mass is 10.1. The molecule has 0 bridgehead atoms. The number of alkyl halides is 3. The molecule has 0 saturated heterocycles. The Hall–Kier alpha value is -0.880. The standard InChI is InChI=1S/C11H10BrClF2O3/c1-17-10(16)4-6-3-9(18-11(14)15)7(5-13)2-8(6)12/h2-3,11H,4-5H2,1H3. The van der Waals surface area contributed by atoms with Crippen LogP contribution in [-0.2, 0) is 21.8 Å². The van der Waals surface area contributed by atoms with E-state index < -0.39 is 12.6 Å². The molecule has 3 nitrogen and oxygen atoms in total. The molecule has 0 aliphatic heterocycles. The van der Waals surface area contributed by atoms with Gasteiger partial charge < -0.3 is 9.47 Å². The predicted molar refractivity (Wildman–Crippen MR) is 66.1 cm³/mol. The first-order valence-corrected chi connectivity index (χ1v) is 6.19. The van der Waals surface area contributed by atoms with E-state index in [0.29, 0.717) is 15.6 Å². The summed E-state index contributed by atoms with van der Waals surface area (Å²) in [6.45, 7) is -2.95. The van der Waals surface area contributed by atoms with Crippen molar-refractivity contribution < 1.29 is 23.0 Å². The molecule has 7 heteroatoms. The van der Waals surface area contributed by atoms with Crippen LogP contribution in [0.3, 0.4) is 0 Å². The maximum absolute atomic E-state index is 12.2. The zero-order chi connectivity index (χ0) is 13.7. The van der Waals surface area contributed by atoms with E-state index in [4.69, 9.17) is 11.6 Å². The minimum absolute atomic E-state index is 0.0269. The van der Waals surface area contributed by atoms with Crippen LogP contribution >= 0.6 is 27.5 Å². The molecule has 0 atom stereocenters. The second kappa shape index (κ2) is 6.89. The first-order chi connectivity index (χ1) is 8.47. The van der Waals surface area contributed by atoms with Gasteiger partial charge >= 0.3 is 12.6 Å². The van der Waals surface area contributed by atoms with Crippen molar-refractivity contribution in [2.75, 3.05) is 7.11 Å². The predicted octanol–water partition coefficient (Wildman–Crippen LogP) is 3.50. The topological polar surface area (TPSA) is 35.5 Å². The molecule has 100 valence electrons. The van der Waals surface area contributed by atoms with E-state index in [2.05, 4.69) is 25.4 Å². The number of ether oxygens (including phenoxy) is 2. The highest BCUT2D eigenvalue weighted by Crippen LogP contribution is 2.30. The van der Waals surface area contributed by atoms with Gasteiger partial charge in [0, 0.05) is 10.0 Å². The van der Waals surface area contributed by atoms with Gasteiger partial charge in [0.05, 0.1) is 19.4 Å². The summed E-state index contributed by atoms with van der Waals surface area (Å²) in [7, 11) is 1.25. The summed E-state index contributed by atoms with van der Waals surface area (Å²) in [6.07, 6.45) is -0.0424. The molecule has 1 aromatic rings. The molecule has 0 fully saturated rings. The second-order valence-corrected chi connectivity index (χ2v) is 4.44. The molecule has 0 spiro atoms. The van der Waals surface area contributed by atoms with Gasteiger partial charge in [-0.05, 0) is 17.7 Å². The lowest BCUT2D eigenvalue weighted by molar-refractivity contribution is -0.139. The molecule has 0 aliphatic rings. The molecule has 1 rings (SSSR count). The van der Waals surface area contributed by atoms with Crippen molar-refractivity contribution in [3.8, 4) is 5.75 Å². The molecule has 0 amide bonds. The van der Waals surface area contributed by atoms with Crippen molar-refractivity contribution in [1.82, 2.24) is 0 Å². The third kappa shape index (κ3) is 4.10. The normalized spacial score (nSPS) is 10.6. The number of halogens is 4. The summed E-state index contributed by atoms with van der Waals surface area (Å²) in [5.41, 5.74) is 0.906. The Morgan fingerprint density at radius 3 is 2.61 bits per heavy atom. The van der Waals surface area contributed by atoms with Crippen molar-refractivity contribution in [2.45, 2.75) is 18.9 Å². The van der Waals surface area contributed by atoms with Gasteiger partial charge in [-0.15, -0.1) is 11.6 Å². The highest BCUT2D eigenvalue weighted by atomic mass is 79.9. The molecule has 0 saturated carbocycles. The number of esters is 1. The molecule has 18 heavy (non-hydrogen) atoms. The van der Waals surface area contributed by atoms with Crippen molar-refractivity contribution in [3.05, 3.63) is 27.7 Å². The van der Waals surface area contributed by atoms with Gasteiger partial charge in [-0.2, -0.15) is 8.78 Å². The first kappa shape index (κ1) is 15.2. The number of methoxy groups -OCH3 is 1. The molecular weight excluding hydrogens is 333 g/mol. The third-order valence-corrected chi connectivity index (χ3v) is 3.18. The Morgan fingerprint density at radius 2 is 2.11 bits per heavy atom. The first-order valence-electron chi connectivity index (χ1n) is 4.86. The van der Waals surface area contributed by atoms with Crippen molar-refractivity contribution in [1.29, 1.82) is 0 Å². The SMILES string of the molecule is COC(=O)Cc1cc(OC(F)F)c(CCl)cc1Br. The molecule has 0 N–H and O–H groups in total. The van der Waals surface area contributed by atoms with Crippen LogP contribution in [0.25, 0.3) is 0 Å². The number of benzene rings is 1. The maximum Gasteiger partial charge on any atom is 0.387 e. The fourth-order valence-corrected chi connectivity index (χ4v) is 2.05.